The third-order valence-corrected chi connectivity index (χ3v) is 8.64. The molecule has 0 aliphatic heterocycles. The van der Waals surface area contributed by atoms with E-state index >= 15 is 0 Å². The second-order valence-electron chi connectivity index (χ2n) is 11.6. The molecule has 1 fully saturated rings. The van der Waals surface area contributed by atoms with Crippen LogP contribution in [0.15, 0.2) is 151 Å². The van der Waals surface area contributed by atoms with Gasteiger partial charge < -0.3 is 0 Å². The Bertz CT molecular complexity index is 2980. The van der Waals surface area contributed by atoms with Gasteiger partial charge in [0.05, 0.1) is 15.1 Å². The van der Waals surface area contributed by atoms with Gasteiger partial charge >= 0.3 is 0 Å². The van der Waals surface area contributed by atoms with Crippen molar-refractivity contribution in [1.29, 1.82) is 0 Å². The number of rotatable bonds is 5. The average molecular weight is 633 g/mol. The molecule has 6 aromatic carbocycles. The van der Waals surface area contributed by atoms with Crippen LogP contribution in [0.2, 0.25) is 0 Å². The lowest BCUT2D eigenvalue weighted by molar-refractivity contribution is 0.353. The van der Waals surface area contributed by atoms with Crippen molar-refractivity contribution in [2.24, 2.45) is 0 Å². The predicted octanol–water partition coefficient (Wildman–Crippen LogP) is 11.4. The number of hydrogen-bond acceptors (Lipinski definition) is 3. The largest absolute Gasteiger partial charge is 0.208 e. The van der Waals surface area contributed by atoms with Gasteiger partial charge in [-0.2, -0.15) is 0 Å². The van der Waals surface area contributed by atoms with Crippen molar-refractivity contribution in [1.82, 2.24) is 15.0 Å². The molecule has 0 unspecified atom stereocenters. The molecule has 3 nitrogen and oxygen atoms in total. The number of fused-ring (bicyclic) bond motifs is 5. The summed E-state index contributed by atoms with van der Waals surface area (Å²) in [5.41, 5.74) is -3.09. The minimum absolute atomic E-state index is 0.0703. The fraction of sp³-hybridized carbons (Fsp3) is 0.133. The fourth-order valence-electron chi connectivity index (χ4n) is 6.30. The van der Waals surface area contributed by atoms with E-state index in [1.807, 2.05) is 60.7 Å². The molecule has 2 aliphatic rings. The molecule has 3 heteroatoms. The standard InChI is InChI=1S/C45H35N3/c1-4-13-32(14-5-1)42-46-43(33-15-6-2-7-16-33)48-44(47-42)34-23-21-31(22-24-34)35-17-12-18-36(29-35)37-25-26-39-38-19-8-9-20-40(38)45(41(39)30-37)27-10-3-11-28-45/h1-2,4-9,12-26,29-30H,3,10-11,27-28H2/i8D,9D,12D,17D,18D,19D,20D,25D,26D,27D2,28D2,29D,30D. The van der Waals surface area contributed by atoms with E-state index in [0.717, 1.165) is 11.1 Å². The number of aromatic nitrogens is 3. The molecular weight excluding hydrogens is 583 g/mol. The van der Waals surface area contributed by atoms with Crippen LogP contribution in [-0.2, 0) is 5.41 Å². The lowest BCUT2D eigenvalue weighted by Gasteiger charge is -2.36. The van der Waals surface area contributed by atoms with Crippen LogP contribution in [0.1, 0.15) is 63.7 Å². The smallest absolute Gasteiger partial charge is 0.164 e. The van der Waals surface area contributed by atoms with Crippen molar-refractivity contribution >= 4 is 0 Å². The molecule has 48 heavy (non-hydrogen) atoms. The van der Waals surface area contributed by atoms with Gasteiger partial charge in [-0.05, 0) is 69.3 Å². The maximum Gasteiger partial charge on any atom is 0.164 e. The molecule has 9 rings (SSSR count). The molecule has 7 aromatic rings. The minimum atomic E-state index is -2.59. The highest BCUT2D eigenvalue weighted by molar-refractivity contribution is 5.85. The molecule has 2 aliphatic carbocycles. The molecule has 0 bridgehead atoms. The van der Waals surface area contributed by atoms with Crippen LogP contribution in [0, 0.1) is 0 Å². The third kappa shape index (κ3) is 4.94. The van der Waals surface area contributed by atoms with Gasteiger partial charge in [0, 0.05) is 27.6 Å². The first kappa shape index (κ1) is 16.9. The zero-order valence-corrected chi connectivity index (χ0v) is 25.5. The zero-order chi connectivity index (χ0) is 45.1. The fourth-order valence-corrected chi connectivity index (χ4v) is 6.30. The Labute approximate surface area is 303 Å². The zero-order valence-electron chi connectivity index (χ0n) is 40.5. The Hall–Kier alpha value is -5.67. The Kier molecular flexibility index (Phi) is 4.18. The highest BCUT2D eigenvalue weighted by atomic mass is 15.0. The molecule has 1 spiro atoms. The van der Waals surface area contributed by atoms with E-state index in [4.69, 9.17) is 24.5 Å². The number of hydrogen-bond donors (Lipinski definition) is 0. The molecule has 0 saturated heterocycles. The van der Waals surface area contributed by atoms with E-state index < -0.39 is 107 Å². The molecule has 1 heterocycles. The van der Waals surface area contributed by atoms with Gasteiger partial charge in [0.25, 0.3) is 0 Å². The van der Waals surface area contributed by atoms with E-state index in [1.54, 1.807) is 24.3 Å². The van der Waals surface area contributed by atoms with Crippen LogP contribution in [-0.4, -0.2) is 15.0 Å². The van der Waals surface area contributed by atoms with E-state index in [2.05, 4.69) is 0 Å². The highest BCUT2D eigenvalue weighted by Gasteiger charge is 2.43. The Morgan fingerprint density at radius 3 is 1.60 bits per heavy atom. The average Bonchev–Trinajstić information content (AvgIpc) is 3.62. The second kappa shape index (κ2) is 11.8. The van der Waals surface area contributed by atoms with Crippen LogP contribution < -0.4 is 0 Å². The molecule has 0 radical (unpaired) electrons. The molecule has 0 N–H and O–H groups in total. The van der Waals surface area contributed by atoms with Crippen LogP contribution in [0.3, 0.4) is 0 Å². The molecule has 1 aromatic heterocycles. The van der Waals surface area contributed by atoms with Crippen molar-refractivity contribution < 1.29 is 20.6 Å². The monoisotopic (exact) mass is 632 g/mol. The summed E-state index contributed by atoms with van der Waals surface area (Å²) < 4.78 is 137. The normalized spacial score (nSPS) is 21.0. The van der Waals surface area contributed by atoms with Crippen molar-refractivity contribution in [3.63, 3.8) is 0 Å². The molecule has 0 amide bonds. The summed E-state index contributed by atoms with van der Waals surface area (Å²) in [6, 6.07) is 17.8. The highest BCUT2D eigenvalue weighted by Crippen LogP contribution is 2.56. The minimum Gasteiger partial charge on any atom is -0.208 e. The summed E-state index contributed by atoms with van der Waals surface area (Å²) in [6.07, 6.45) is -5.64. The van der Waals surface area contributed by atoms with Gasteiger partial charge in [-0.15, -0.1) is 0 Å². The Balaban J connectivity index is 1.26. The summed E-state index contributed by atoms with van der Waals surface area (Å²) in [5.74, 6) is 1.18. The number of benzene rings is 6. The first-order valence-corrected chi connectivity index (χ1v) is 15.7. The van der Waals surface area contributed by atoms with Crippen molar-refractivity contribution in [2.45, 2.75) is 37.4 Å². The van der Waals surface area contributed by atoms with E-state index in [1.165, 1.54) is 0 Å². The van der Waals surface area contributed by atoms with Crippen LogP contribution in [0.4, 0.5) is 0 Å². The third-order valence-electron chi connectivity index (χ3n) is 8.64. The summed E-state index contributed by atoms with van der Waals surface area (Å²) in [6.45, 7) is 0. The van der Waals surface area contributed by atoms with Crippen molar-refractivity contribution in [3.05, 3.63) is 163 Å². The lowest BCUT2D eigenvalue weighted by Crippen LogP contribution is -2.28. The predicted molar refractivity (Wildman–Crippen MR) is 196 cm³/mol. The topological polar surface area (TPSA) is 38.7 Å². The van der Waals surface area contributed by atoms with Gasteiger partial charge in [-0.1, -0.05) is 159 Å². The summed E-state index contributed by atoms with van der Waals surface area (Å²) in [5, 5.41) is 0. The first-order chi connectivity index (χ1) is 29.9. The Morgan fingerprint density at radius 1 is 0.438 bits per heavy atom. The Morgan fingerprint density at radius 2 is 0.958 bits per heavy atom. The van der Waals surface area contributed by atoms with Crippen molar-refractivity contribution in [3.8, 4) is 67.5 Å². The molecule has 230 valence electrons. The second-order valence-corrected chi connectivity index (χ2v) is 11.6. The van der Waals surface area contributed by atoms with Gasteiger partial charge in [0.15, 0.2) is 17.5 Å². The first-order valence-electron chi connectivity index (χ1n) is 23.2. The van der Waals surface area contributed by atoms with Crippen LogP contribution in [0.5, 0.6) is 0 Å². The summed E-state index contributed by atoms with van der Waals surface area (Å²) >= 11 is 0. The molecule has 0 atom stereocenters. The van der Waals surface area contributed by atoms with Crippen LogP contribution >= 0.6 is 0 Å². The van der Waals surface area contributed by atoms with Crippen LogP contribution in [0.25, 0.3) is 67.5 Å². The molecular formula is C45H35N3. The summed E-state index contributed by atoms with van der Waals surface area (Å²) in [7, 11) is 0. The van der Waals surface area contributed by atoms with Gasteiger partial charge in [0.2, 0.25) is 0 Å². The van der Waals surface area contributed by atoms with Crippen molar-refractivity contribution in [2.75, 3.05) is 0 Å². The van der Waals surface area contributed by atoms with E-state index in [-0.39, 0.29) is 41.5 Å². The SMILES string of the molecule is [2H]c1c([2H])c(-c2ccc(-c3nc(-c4ccccc4)nc(-c4ccccc4)n3)cc2)c([2H])c(-c2c([2H])c([2H])c3c(c2[2H])C2(c4c([2H])c([2H])c([2H])c([2H])c4-3)C([2H])([2H])CCCC2([2H])[2H])c1[2H]. The van der Waals surface area contributed by atoms with Gasteiger partial charge in [-0.25, -0.2) is 15.0 Å². The maximum atomic E-state index is 9.77. The summed E-state index contributed by atoms with van der Waals surface area (Å²) in [4.78, 5) is 14.2. The number of nitrogens with zero attached hydrogens (tertiary/aromatic N) is 3. The quantitative estimate of drug-likeness (QED) is 0.189. The van der Waals surface area contributed by atoms with Gasteiger partial charge in [0.1, 0.15) is 0 Å². The molecule has 1 saturated carbocycles. The maximum absolute atomic E-state index is 9.77. The van der Waals surface area contributed by atoms with Gasteiger partial charge in [-0.3, -0.25) is 0 Å². The lowest BCUT2D eigenvalue weighted by atomic mass is 9.67. The van der Waals surface area contributed by atoms with E-state index in [9.17, 15) is 11.0 Å². The van der Waals surface area contributed by atoms with E-state index in [0.29, 0.717) is 23.0 Å².